The summed E-state index contributed by atoms with van der Waals surface area (Å²) < 4.78 is 10.4. The molecule has 0 saturated carbocycles. The summed E-state index contributed by atoms with van der Waals surface area (Å²) in [5.41, 5.74) is 3.26. The lowest BCUT2D eigenvalue weighted by Crippen LogP contribution is -2.49. The Morgan fingerprint density at radius 2 is 1.50 bits per heavy atom. The van der Waals surface area contributed by atoms with Gasteiger partial charge in [0.15, 0.2) is 0 Å². The monoisotopic (exact) mass is 459 g/mol. The molecule has 2 amide bonds. The number of rotatable bonds is 7. The molecule has 1 N–H and O–H groups in total. The van der Waals surface area contributed by atoms with Gasteiger partial charge in [0.05, 0.1) is 26.2 Å². The summed E-state index contributed by atoms with van der Waals surface area (Å²) in [6, 6.07) is 22.5. The van der Waals surface area contributed by atoms with Crippen molar-refractivity contribution < 1.29 is 19.1 Å². The molecule has 0 aliphatic carbocycles. The van der Waals surface area contributed by atoms with Crippen molar-refractivity contribution in [1.29, 1.82) is 0 Å². The van der Waals surface area contributed by atoms with Crippen molar-refractivity contribution in [3.05, 3.63) is 83.9 Å². The zero-order valence-corrected chi connectivity index (χ0v) is 19.5. The van der Waals surface area contributed by atoms with Crippen molar-refractivity contribution in [3.63, 3.8) is 0 Å². The molecule has 7 heteroatoms. The third-order valence-corrected chi connectivity index (χ3v) is 5.99. The fourth-order valence-corrected chi connectivity index (χ4v) is 4.03. The Hall–Kier alpha value is -4.00. The Balaban J connectivity index is 1.29. The molecule has 3 aromatic rings. The van der Waals surface area contributed by atoms with E-state index in [1.54, 1.807) is 26.4 Å². The first-order valence-corrected chi connectivity index (χ1v) is 11.3. The molecule has 0 bridgehead atoms. The second kappa shape index (κ2) is 10.7. The standard InChI is InChI=1S/C27H29N3O4/c1-33-23-13-7-20(8-14-23)19-26(31)30-17-15-29(16-18-30)22-11-9-21(10-12-22)28-27(32)24-5-3-4-6-25(24)34-2/h3-14H,15-19H2,1-2H3,(H,28,32). The quantitative estimate of drug-likeness (QED) is 0.581. The summed E-state index contributed by atoms with van der Waals surface area (Å²) >= 11 is 0. The lowest BCUT2D eigenvalue weighted by Gasteiger charge is -2.36. The van der Waals surface area contributed by atoms with E-state index in [4.69, 9.17) is 9.47 Å². The van der Waals surface area contributed by atoms with Crippen LogP contribution in [0.25, 0.3) is 0 Å². The van der Waals surface area contributed by atoms with Crippen molar-refractivity contribution in [3.8, 4) is 11.5 Å². The molecular formula is C27H29N3O4. The predicted molar refractivity (Wildman–Crippen MR) is 133 cm³/mol. The molecule has 0 atom stereocenters. The van der Waals surface area contributed by atoms with Crippen molar-refractivity contribution >= 4 is 23.2 Å². The molecule has 1 saturated heterocycles. The maximum atomic E-state index is 12.7. The lowest BCUT2D eigenvalue weighted by atomic mass is 10.1. The third-order valence-electron chi connectivity index (χ3n) is 5.99. The number of carbonyl (C=O) groups is 2. The molecular weight excluding hydrogens is 430 g/mol. The zero-order chi connectivity index (χ0) is 23.9. The van der Waals surface area contributed by atoms with E-state index in [9.17, 15) is 9.59 Å². The molecule has 1 aliphatic rings. The fourth-order valence-electron chi connectivity index (χ4n) is 4.03. The molecule has 3 aromatic carbocycles. The van der Waals surface area contributed by atoms with Crippen LogP contribution in [-0.2, 0) is 11.2 Å². The van der Waals surface area contributed by atoms with Gasteiger partial charge in [0.1, 0.15) is 11.5 Å². The summed E-state index contributed by atoms with van der Waals surface area (Å²) in [6.45, 7) is 2.89. The van der Waals surface area contributed by atoms with Crippen LogP contribution in [0.5, 0.6) is 11.5 Å². The highest BCUT2D eigenvalue weighted by Crippen LogP contribution is 2.22. The van der Waals surface area contributed by atoms with Gasteiger partial charge in [0, 0.05) is 37.6 Å². The van der Waals surface area contributed by atoms with Gasteiger partial charge < -0.3 is 24.6 Å². The molecule has 0 radical (unpaired) electrons. The largest absolute Gasteiger partial charge is 0.497 e. The van der Waals surface area contributed by atoms with Crippen LogP contribution < -0.4 is 19.7 Å². The van der Waals surface area contributed by atoms with E-state index < -0.39 is 0 Å². The zero-order valence-electron chi connectivity index (χ0n) is 19.5. The first kappa shape index (κ1) is 23.2. The number of amides is 2. The average molecular weight is 460 g/mol. The van der Waals surface area contributed by atoms with Gasteiger partial charge in [-0.25, -0.2) is 0 Å². The van der Waals surface area contributed by atoms with E-state index in [-0.39, 0.29) is 11.8 Å². The number of nitrogens with zero attached hydrogens (tertiary/aromatic N) is 2. The molecule has 0 aromatic heterocycles. The summed E-state index contributed by atoms with van der Waals surface area (Å²) in [5.74, 6) is 1.25. The minimum absolute atomic E-state index is 0.138. The van der Waals surface area contributed by atoms with Crippen LogP contribution >= 0.6 is 0 Å². The molecule has 0 unspecified atom stereocenters. The topological polar surface area (TPSA) is 71.1 Å². The number of anilines is 2. The van der Waals surface area contributed by atoms with E-state index in [1.165, 1.54) is 0 Å². The molecule has 4 rings (SSSR count). The highest BCUT2D eigenvalue weighted by Gasteiger charge is 2.21. The van der Waals surface area contributed by atoms with E-state index >= 15 is 0 Å². The summed E-state index contributed by atoms with van der Waals surface area (Å²) in [6.07, 6.45) is 0.393. The van der Waals surface area contributed by atoms with E-state index in [0.717, 1.165) is 30.1 Å². The molecule has 1 aliphatic heterocycles. The normalized spacial score (nSPS) is 13.4. The van der Waals surface area contributed by atoms with E-state index in [2.05, 4.69) is 10.2 Å². The van der Waals surface area contributed by atoms with Crippen LogP contribution in [0.1, 0.15) is 15.9 Å². The highest BCUT2D eigenvalue weighted by molar-refractivity contribution is 6.06. The Kier molecular flexibility index (Phi) is 7.32. The lowest BCUT2D eigenvalue weighted by molar-refractivity contribution is -0.130. The van der Waals surface area contributed by atoms with Gasteiger partial charge in [-0.1, -0.05) is 24.3 Å². The summed E-state index contributed by atoms with van der Waals surface area (Å²) in [4.78, 5) is 29.5. The number of para-hydroxylation sites is 1. The van der Waals surface area contributed by atoms with Gasteiger partial charge in [-0.3, -0.25) is 9.59 Å². The van der Waals surface area contributed by atoms with Gasteiger partial charge >= 0.3 is 0 Å². The molecule has 7 nitrogen and oxygen atoms in total. The van der Waals surface area contributed by atoms with E-state index in [1.807, 2.05) is 65.6 Å². The van der Waals surface area contributed by atoms with Crippen molar-refractivity contribution in [2.45, 2.75) is 6.42 Å². The van der Waals surface area contributed by atoms with Crippen molar-refractivity contribution in [2.24, 2.45) is 0 Å². The van der Waals surface area contributed by atoms with Crippen LogP contribution in [0.15, 0.2) is 72.8 Å². The van der Waals surface area contributed by atoms with Gasteiger partial charge in [0.2, 0.25) is 5.91 Å². The van der Waals surface area contributed by atoms with E-state index in [0.29, 0.717) is 36.5 Å². The molecule has 1 heterocycles. The first-order chi connectivity index (χ1) is 16.6. The molecule has 0 spiro atoms. The minimum atomic E-state index is -0.214. The number of benzene rings is 3. The Labute approximate surface area is 199 Å². The van der Waals surface area contributed by atoms with Crippen LogP contribution in [-0.4, -0.2) is 57.1 Å². The van der Waals surface area contributed by atoms with Crippen LogP contribution in [0.4, 0.5) is 11.4 Å². The fraction of sp³-hybridized carbons (Fsp3) is 0.259. The minimum Gasteiger partial charge on any atom is -0.497 e. The molecule has 1 fully saturated rings. The van der Waals surface area contributed by atoms with Gasteiger partial charge in [-0.15, -0.1) is 0 Å². The second-order valence-electron chi connectivity index (χ2n) is 8.09. The van der Waals surface area contributed by atoms with Crippen LogP contribution in [0, 0.1) is 0 Å². The van der Waals surface area contributed by atoms with Gasteiger partial charge in [0.25, 0.3) is 5.91 Å². The van der Waals surface area contributed by atoms with Crippen LogP contribution in [0.3, 0.4) is 0 Å². The predicted octanol–water partition coefficient (Wildman–Crippen LogP) is 3.85. The number of methoxy groups -OCH3 is 2. The number of carbonyl (C=O) groups excluding carboxylic acids is 2. The van der Waals surface area contributed by atoms with Crippen molar-refractivity contribution in [1.82, 2.24) is 4.90 Å². The summed E-state index contributed by atoms with van der Waals surface area (Å²) in [5, 5.41) is 2.92. The Morgan fingerprint density at radius 1 is 0.824 bits per heavy atom. The number of piperazine rings is 1. The van der Waals surface area contributed by atoms with Crippen molar-refractivity contribution in [2.75, 3.05) is 50.6 Å². The maximum Gasteiger partial charge on any atom is 0.259 e. The van der Waals surface area contributed by atoms with Crippen LogP contribution in [0.2, 0.25) is 0 Å². The number of nitrogens with one attached hydrogen (secondary N) is 1. The number of hydrogen-bond acceptors (Lipinski definition) is 5. The second-order valence-corrected chi connectivity index (χ2v) is 8.09. The Bertz CT molecular complexity index is 1120. The van der Waals surface area contributed by atoms with Gasteiger partial charge in [-0.05, 0) is 54.1 Å². The highest BCUT2D eigenvalue weighted by atomic mass is 16.5. The number of ether oxygens (including phenoxy) is 2. The molecule has 34 heavy (non-hydrogen) atoms. The Morgan fingerprint density at radius 3 is 2.15 bits per heavy atom. The summed E-state index contributed by atoms with van der Waals surface area (Å²) in [7, 11) is 3.18. The smallest absolute Gasteiger partial charge is 0.259 e. The van der Waals surface area contributed by atoms with Gasteiger partial charge in [-0.2, -0.15) is 0 Å². The number of hydrogen-bond donors (Lipinski definition) is 1. The SMILES string of the molecule is COc1ccc(CC(=O)N2CCN(c3ccc(NC(=O)c4ccccc4OC)cc3)CC2)cc1. The average Bonchev–Trinajstić information content (AvgIpc) is 2.89. The molecule has 176 valence electrons. The maximum absolute atomic E-state index is 12.7. The first-order valence-electron chi connectivity index (χ1n) is 11.3. The third kappa shape index (κ3) is 5.49.